The van der Waals surface area contributed by atoms with Crippen LogP contribution < -0.4 is 0 Å². The average Bonchev–Trinajstić information content (AvgIpc) is 3.04. The third-order valence-corrected chi connectivity index (χ3v) is 4.47. The molecular formula is C15H19N3O3. The first kappa shape index (κ1) is 13.2. The van der Waals surface area contributed by atoms with E-state index in [9.17, 15) is 5.11 Å². The molecule has 2 aromatic rings. The zero-order valence-corrected chi connectivity index (χ0v) is 12.4. The van der Waals surface area contributed by atoms with E-state index < -0.39 is 11.9 Å². The maximum Gasteiger partial charge on any atom is 0.164 e. The Labute approximate surface area is 122 Å². The fourth-order valence-corrected chi connectivity index (χ4v) is 3.56. The molecule has 1 aliphatic heterocycles. The Morgan fingerprint density at radius 2 is 2.05 bits per heavy atom. The van der Waals surface area contributed by atoms with Gasteiger partial charge in [-0.2, -0.15) is 0 Å². The molecule has 1 aliphatic carbocycles. The van der Waals surface area contributed by atoms with E-state index in [1.54, 1.807) is 6.33 Å². The van der Waals surface area contributed by atoms with Gasteiger partial charge in [0.15, 0.2) is 5.79 Å². The number of hydrogen-bond acceptors (Lipinski definition) is 5. The van der Waals surface area contributed by atoms with Gasteiger partial charge in [-0.25, -0.2) is 9.97 Å². The summed E-state index contributed by atoms with van der Waals surface area (Å²) in [5.74, 6) is -0.650. The summed E-state index contributed by atoms with van der Waals surface area (Å²) in [5.41, 5.74) is 1.84. The summed E-state index contributed by atoms with van der Waals surface area (Å²) in [7, 11) is 0. The second kappa shape index (κ2) is 4.25. The molecule has 3 heterocycles. The van der Waals surface area contributed by atoms with Crippen molar-refractivity contribution >= 4 is 11.0 Å². The van der Waals surface area contributed by atoms with Gasteiger partial charge in [-0.1, -0.05) is 0 Å². The first-order valence-corrected chi connectivity index (χ1v) is 7.28. The van der Waals surface area contributed by atoms with Gasteiger partial charge in [0.05, 0.1) is 17.8 Å². The van der Waals surface area contributed by atoms with Gasteiger partial charge in [-0.15, -0.1) is 0 Å². The first-order valence-electron chi connectivity index (χ1n) is 7.28. The number of fused-ring (bicyclic) bond motifs is 2. The molecule has 2 aromatic heterocycles. The quantitative estimate of drug-likeness (QED) is 0.863. The number of hydrogen-bond donors (Lipinski definition) is 1. The highest BCUT2D eigenvalue weighted by atomic mass is 16.8. The van der Waals surface area contributed by atoms with Crippen molar-refractivity contribution in [3.8, 4) is 0 Å². The van der Waals surface area contributed by atoms with E-state index in [1.165, 1.54) is 0 Å². The van der Waals surface area contributed by atoms with Gasteiger partial charge in [-0.3, -0.25) is 0 Å². The third-order valence-electron chi connectivity index (χ3n) is 4.47. The molecule has 21 heavy (non-hydrogen) atoms. The Morgan fingerprint density at radius 1 is 1.29 bits per heavy atom. The molecule has 6 heteroatoms. The first-order chi connectivity index (χ1) is 9.96. The Kier molecular flexibility index (Phi) is 2.67. The summed E-state index contributed by atoms with van der Waals surface area (Å²) in [6.07, 6.45) is 3.25. The zero-order valence-electron chi connectivity index (χ0n) is 12.4. The summed E-state index contributed by atoms with van der Waals surface area (Å²) in [6, 6.07) is 2.05. The van der Waals surface area contributed by atoms with E-state index in [0.29, 0.717) is 6.42 Å². The number of rotatable bonds is 1. The minimum atomic E-state index is -0.650. The zero-order chi connectivity index (χ0) is 14.8. The lowest BCUT2D eigenvalue weighted by Crippen LogP contribution is -2.28. The van der Waals surface area contributed by atoms with Gasteiger partial charge < -0.3 is 19.1 Å². The fourth-order valence-electron chi connectivity index (χ4n) is 3.56. The summed E-state index contributed by atoms with van der Waals surface area (Å²) >= 11 is 0. The molecule has 0 amide bonds. The third kappa shape index (κ3) is 1.90. The molecule has 112 valence electrons. The van der Waals surface area contributed by atoms with Crippen LogP contribution in [0.2, 0.25) is 0 Å². The van der Waals surface area contributed by atoms with Crippen molar-refractivity contribution in [2.75, 3.05) is 0 Å². The van der Waals surface area contributed by atoms with Crippen molar-refractivity contribution in [3.63, 3.8) is 0 Å². The van der Waals surface area contributed by atoms with Gasteiger partial charge in [0.1, 0.15) is 24.2 Å². The molecule has 1 saturated carbocycles. The fraction of sp³-hybridized carbons (Fsp3) is 0.600. The Balaban J connectivity index is 1.77. The van der Waals surface area contributed by atoms with Crippen LogP contribution in [0.3, 0.4) is 0 Å². The van der Waals surface area contributed by atoms with Crippen LogP contribution in [0, 0.1) is 6.92 Å². The number of ether oxygens (including phenoxy) is 2. The smallest absolute Gasteiger partial charge is 0.164 e. The van der Waals surface area contributed by atoms with Gasteiger partial charge >= 0.3 is 0 Å². The van der Waals surface area contributed by atoms with Crippen molar-refractivity contribution < 1.29 is 14.6 Å². The van der Waals surface area contributed by atoms with Crippen molar-refractivity contribution in [3.05, 3.63) is 24.3 Å². The van der Waals surface area contributed by atoms with E-state index >= 15 is 0 Å². The van der Waals surface area contributed by atoms with Gasteiger partial charge in [0.25, 0.3) is 0 Å². The lowest BCUT2D eigenvalue weighted by atomic mass is 10.2. The van der Waals surface area contributed by atoms with Crippen LogP contribution in [0.5, 0.6) is 0 Å². The lowest BCUT2D eigenvalue weighted by molar-refractivity contribution is -0.165. The molecular weight excluding hydrogens is 270 g/mol. The number of nitrogens with zero attached hydrogens (tertiary/aromatic N) is 3. The molecule has 2 fully saturated rings. The normalized spacial score (nSPS) is 34.5. The minimum Gasteiger partial charge on any atom is -0.390 e. The van der Waals surface area contributed by atoms with E-state index in [1.807, 2.05) is 33.0 Å². The highest BCUT2D eigenvalue weighted by molar-refractivity contribution is 5.78. The molecule has 0 spiro atoms. The molecule has 0 bridgehead atoms. The van der Waals surface area contributed by atoms with Crippen LogP contribution in [-0.4, -0.2) is 43.7 Å². The van der Waals surface area contributed by atoms with Crippen LogP contribution in [0.1, 0.15) is 32.0 Å². The number of aromatic nitrogens is 3. The number of aryl methyl sites for hydroxylation is 1. The van der Waals surface area contributed by atoms with E-state index in [0.717, 1.165) is 16.7 Å². The predicted octanol–water partition coefficient (Wildman–Crippen LogP) is 1.57. The molecule has 0 unspecified atom stereocenters. The van der Waals surface area contributed by atoms with E-state index in [2.05, 4.69) is 14.5 Å². The number of aliphatic hydroxyl groups is 1. The van der Waals surface area contributed by atoms with Gasteiger partial charge in [0.2, 0.25) is 0 Å². The van der Waals surface area contributed by atoms with Crippen molar-refractivity contribution in [1.29, 1.82) is 0 Å². The second-order valence-corrected chi connectivity index (χ2v) is 6.35. The summed E-state index contributed by atoms with van der Waals surface area (Å²) < 4.78 is 13.9. The van der Waals surface area contributed by atoms with Crippen LogP contribution in [0.4, 0.5) is 0 Å². The monoisotopic (exact) mass is 289 g/mol. The molecule has 6 nitrogen and oxygen atoms in total. The second-order valence-electron chi connectivity index (χ2n) is 6.35. The van der Waals surface area contributed by atoms with Crippen LogP contribution in [-0.2, 0) is 9.47 Å². The summed E-state index contributed by atoms with van der Waals surface area (Å²) in [5, 5.41) is 11.3. The van der Waals surface area contributed by atoms with Crippen molar-refractivity contribution in [2.24, 2.45) is 0 Å². The molecule has 1 saturated heterocycles. The highest BCUT2D eigenvalue weighted by Gasteiger charge is 2.54. The maximum absolute atomic E-state index is 10.3. The Bertz CT molecular complexity index is 697. The Morgan fingerprint density at radius 3 is 2.86 bits per heavy atom. The summed E-state index contributed by atoms with van der Waals surface area (Å²) in [6.45, 7) is 5.74. The highest BCUT2D eigenvalue weighted by Crippen LogP contribution is 2.44. The standard InChI is InChI=1S/C15H19N3O3/c1-8-9-4-5-18(14(9)17-7-16-8)10-6-11(19)13-12(10)20-15(2,3)21-13/h4-5,7,10-13,19H,6H2,1-3H3/t10-,11+,12+,13-/m1/s1. The molecule has 0 radical (unpaired) electrons. The van der Waals surface area contributed by atoms with Crippen molar-refractivity contribution in [1.82, 2.24) is 14.5 Å². The molecule has 2 aliphatic rings. The van der Waals surface area contributed by atoms with Crippen LogP contribution >= 0.6 is 0 Å². The predicted molar refractivity (Wildman–Crippen MR) is 75.8 cm³/mol. The van der Waals surface area contributed by atoms with Crippen LogP contribution in [0.25, 0.3) is 11.0 Å². The largest absolute Gasteiger partial charge is 0.390 e. The van der Waals surface area contributed by atoms with Crippen molar-refractivity contribution in [2.45, 2.75) is 57.3 Å². The number of aliphatic hydroxyl groups excluding tert-OH is 1. The molecule has 0 aromatic carbocycles. The summed E-state index contributed by atoms with van der Waals surface area (Å²) in [4.78, 5) is 8.62. The minimum absolute atomic E-state index is 0.0265. The van der Waals surface area contributed by atoms with Crippen LogP contribution in [0.15, 0.2) is 18.6 Å². The molecule has 1 N–H and O–H groups in total. The van der Waals surface area contributed by atoms with E-state index in [-0.39, 0.29) is 18.2 Å². The lowest BCUT2D eigenvalue weighted by Gasteiger charge is -2.23. The van der Waals surface area contributed by atoms with Gasteiger partial charge in [0, 0.05) is 11.6 Å². The topological polar surface area (TPSA) is 69.4 Å². The maximum atomic E-state index is 10.3. The van der Waals surface area contributed by atoms with Gasteiger partial charge in [-0.05, 0) is 33.3 Å². The Hall–Kier alpha value is -1.50. The molecule has 4 atom stereocenters. The SMILES string of the molecule is Cc1ncnc2c1ccn2[C@@H]1C[C@H](O)[C@H]2OC(C)(C)O[C@H]21. The molecule has 4 rings (SSSR count). The van der Waals surface area contributed by atoms with E-state index in [4.69, 9.17) is 9.47 Å². The average molecular weight is 289 g/mol.